The van der Waals surface area contributed by atoms with Gasteiger partial charge >= 0.3 is 6.18 Å². The van der Waals surface area contributed by atoms with Crippen molar-refractivity contribution in [3.05, 3.63) is 59.7 Å². The number of hydrogen-bond acceptors (Lipinski definition) is 5. The van der Waals surface area contributed by atoms with E-state index in [-0.39, 0.29) is 5.16 Å². The van der Waals surface area contributed by atoms with Crippen LogP contribution in [0.5, 0.6) is 0 Å². The third kappa shape index (κ3) is 3.94. The van der Waals surface area contributed by atoms with Gasteiger partial charge in [-0.2, -0.15) is 13.2 Å². The van der Waals surface area contributed by atoms with Crippen molar-refractivity contribution < 1.29 is 17.6 Å². The zero-order valence-electron chi connectivity index (χ0n) is 12.5. The van der Waals surface area contributed by atoms with Gasteiger partial charge < -0.3 is 4.42 Å². The minimum atomic E-state index is -4.48. The summed E-state index contributed by atoms with van der Waals surface area (Å²) in [6.45, 7) is 1.98. The van der Waals surface area contributed by atoms with E-state index >= 15 is 0 Å². The van der Waals surface area contributed by atoms with E-state index in [1.807, 2.05) is 31.2 Å². The van der Waals surface area contributed by atoms with Crippen LogP contribution in [0.3, 0.4) is 0 Å². The minimum absolute atomic E-state index is 0.0460. The number of oxazole rings is 1. The summed E-state index contributed by atoms with van der Waals surface area (Å²) in [4.78, 5) is 11.7. The van der Waals surface area contributed by atoms with Gasteiger partial charge in [-0.05, 0) is 25.1 Å². The fourth-order valence-corrected chi connectivity index (χ4v) is 2.62. The van der Waals surface area contributed by atoms with E-state index in [1.54, 1.807) is 0 Å². The summed E-state index contributed by atoms with van der Waals surface area (Å²) >= 11 is 1.07. The fraction of sp³-hybridized carbons (Fsp3) is 0.188. The van der Waals surface area contributed by atoms with E-state index in [9.17, 15) is 13.2 Å². The SMILES string of the molecule is Cc1ccc(-c2nc(CSc3nccc(C(F)(F)F)n3)co2)cc1. The molecule has 0 atom stereocenters. The quantitative estimate of drug-likeness (QED) is 0.501. The first-order valence-corrected chi connectivity index (χ1v) is 7.95. The Morgan fingerprint density at radius 3 is 2.54 bits per heavy atom. The van der Waals surface area contributed by atoms with Gasteiger partial charge in [0.2, 0.25) is 5.89 Å². The van der Waals surface area contributed by atoms with Gasteiger partial charge in [-0.3, -0.25) is 0 Å². The lowest BCUT2D eigenvalue weighted by molar-refractivity contribution is -0.141. The third-order valence-corrected chi connectivity index (χ3v) is 4.02. The van der Waals surface area contributed by atoms with Gasteiger partial charge in [0.15, 0.2) is 5.16 Å². The molecule has 4 nitrogen and oxygen atoms in total. The number of alkyl halides is 3. The number of aromatic nitrogens is 3. The highest BCUT2D eigenvalue weighted by Crippen LogP contribution is 2.29. The van der Waals surface area contributed by atoms with Gasteiger partial charge in [0.05, 0.1) is 5.69 Å². The molecule has 0 bridgehead atoms. The molecule has 3 rings (SSSR count). The highest BCUT2D eigenvalue weighted by atomic mass is 32.2. The van der Waals surface area contributed by atoms with Crippen LogP contribution in [0.2, 0.25) is 0 Å². The maximum atomic E-state index is 12.6. The average Bonchev–Trinajstić information content (AvgIpc) is 3.02. The first-order chi connectivity index (χ1) is 11.4. The van der Waals surface area contributed by atoms with Gasteiger partial charge in [-0.25, -0.2) is 15.0 Å². The normalized spacial score (nSPS) is 11.7. The van der Waals surface area contributed by atoms with E-state index in [1.165, 1.54) is 6.26 Å². The molecule has 0 unspecified atom stereocenters. The molecule has 0 N–H and O–H groups in total. The Labute approximate surface area is 140 Å². The molecule has 1 aromatic carbocycles. The van der Waals surface area contributed by atoms with Crippen molar-refractivity contribution in [1.82, 2.24) is 15.0 Å². The molecule has 0 saturated carbocycles. The Balaban J connectivity index is 1.69. The van der Waals surface area contributed by atoms with E-state index in [4.69, 9.17) is 4.42 Å². The van der Waals surface area contributed by atoms with Crippen LogP contribution in [-0.2, 0) is 11.9 Å². The highest BCUT2D eigenvalue weighted by Gasteiger charge is 2.32. The van der Waals surface area contributed by atoms with Crippen molar-refractivity contribution in [3.8, 4) is 11.5 Å². The van der Waals surface area contributed by atoms with Crippen LogP contribution in [0, 0.1) is 6.92 Å². The second-order valence-electron chi connectivity index (χ2n) is 5.02. The van der Waals surface area contributed by atoms with Crippen molar-refractivity contribution in [2.75, 3.05) is 0 Å². The summed E-state index contributed by atoms with van der Waals surface area (Å²) in [5.41, 5.74) is 1.62. The summed E-state index contributed by atoms with van der Waals surface area (Å²) < 4.78 is 43.3. The lowest BCUT2D eigenvalue weighted by Gasteiger charge is -2.05. The van der Waals surface area contributed by atoms with E-state index in [0.29, 0.717) is 17.3 Å². The molecule has 0 aliphatic carbocycles. The van der Waals surface area contributed by atoms with Crippen LogP contribution in [0.1, 0.15) is 17.0 Å². The van der Waals surface area contributed by atoms with Crippen molar-refractivity contribution in [2.24, 2.45) is 0 Å². The molecule has 124 valence electrons. The first kappa shape index (κ1) is 16.5. The standard InChI is InChI=1S/C16H12F3N3OS/c1-10-2-4-11(5-3-10)14-21-12(8-23-14)9-24-15-20-7-6-13(22-15)16(17,18)19/h2-8H,9H2,1H3. The lowest BCUT2D eigenvalue weighted by atomic mass is 10.1. The van der Waals surface area contributed by atoms with Gasteiger partial charge in [-0.1, -0.05) is 29.5 Å². The number of nitrogens with zero attached hydrogens (tertiary/aromatic N) is 3. The fourth-order valence-electron chi connectivity index (χ4n) is 1.91. The topological polar surface area (TPSA) is 51.8 Å². The number of hydrogen-bond donors (Lipinski definition) is 0. The average molecular weight is 351 g/mol. The molecule has 2 aromatic heterocycles. The first-order valence-electron chi connectivity index (χ1n) is 6.96. The number of benzene rings is 1. The molecule has 0 saturated heterocycles. The Bertz CT molecular complexity index is 831. The van der Waals surface area contributed by atoms with Gasteiger partial charge in [0.1, 0.15) is 12.0 Å². The van der Waals surface area contributed by atoms with Crippen molar-refractivity contribution in [3.63, 3.8) is 0 Å². The van der Waals surface area contributed by atoms with Crippen LogP contribution in [0.25, 0.3) is 11.5 Å². The summed E-state index contributed by atoms with van der Waals surface area (Å²) in [5.74, 6) is 0.784. The van der Waals surface area contributed by atoms with Gasteiger partial charge in [-0.15, -0.1) is 0 Å². The number of rotatable bonds is 4. The molecule has 0 aliphatic rings. The van der Waals surface area contributed by atoms with Crippen molar-refractivity contribution in [2.45, 2.75) is 24.0 Å². The van der Waals surface area contributed by atoms with Crippen LogP contribution in [0.15, 0.2) is 52.4 Å². The zero-order chi connectivity index (χ0) is 17.2. The molecule has 0 amide bonds. The van der Waals surface area contributed by atoms with Crippen LogP contribution in [-0.4, -0.2) is 15.0 Å². The van der Waals surface area contributed by atoms with E-state index in [0.717, 1.165) is 35.2 Å². The predicted molar refractivity (Wildman–Crippen MR) is 83.3 cm³/mol. The lowest BCUT2D eigenvalue weighted by Crippen LogP contribution is -2.08. The number of halogens is 3. The molecule has 24 heavy (non-hydrogen) atoms. The minimum Gasteiger partial charge on any atom is -0.444 e. The zero-order valence-corrected chi connectivity index (χ0v) is 13.4. The summed E-state index contributed by atoms with van der Waals surface area (Å²) in [5, 5.41) is 0.0460. The largest absolute Gasteiger partial charge is 0.444 e. The van der Waals surface area contributed by atoms with E-state index < -0.39 is 11.9 Å². The summed E-state index contributed by atoms with van der Waals surface area (Å²) in [6, 6.07) is 8.53. The molecular weight excluding hydrogens is 339 g/mol. The smallest absolute Gasteiger partial charge is 0.433 e. The molecule has 0 spiro atoms. The molecule has 0 fully saturated rings. The molecule has 0 aliphatic heterocycles. The summed E-state index contributed by atoms with van der Waals surface area (Å²) in [6.07, 6.45) is -1.90. The van der Waals surface area contributed by atoms with Crippen LogP contribution >= 0.6 is 11.8 Å². The van der Waals surface area contributed by atoms with Gasteiger partial charge in [0.25, 0.3) is 0 Å². The molecule has 8 heteroatoms. The molecule has 2 heterocycles. The van der Waals surface area contributed by atoms with E-state index in [2.05, 4.69) is 15.0 Å². The maximum absolute atomic E-state index is 12.6. The van der Waals surface area contributed by atoms with Crippen LogP contribution in [0.4, 0.5) is 13.2 Å². The van der Waals surface area contributed by atoms with Crippen LogP contribution < -0.4 is 0 Å². The second kappa shape index (κ2) is 6.64. The Morgan fingerprint density at radius 2 is 1.83 bits per heavy atom. The molecular formula is C16H12F3N3OS. The van der Waals surface area contributed by atoms with Gasteiger partial charge in [0, 0.05) is 17.5 Å². The Morgan fingerprint density at radius 1 is 1.08 bits per heavy atom. The molecule has 3 aromatic rings. The second-order valence-corrected chi connectivity index (χ2v) is 5.96. The number of thioether (sulfide) groups is 1. The monoisotopic (exact) mass is 351 g/mol. The maximum Gasteiger partial charge on any atom is 0.433 e. The third-order valence-electron chi connectivity index (χ3n) is 3.12. The van der Waals surface area contributed by atoms with Crippen molar-refractivity contribution >= 4 is 11.8 Å². The molecule has 0 radical (unpaired) electrons. The number of aryl methyl sites for hydroxylation is 1. The summed E-state index contributed by atoms with van der Waals surface area (Å²) in [7, 11) is 0. The predicted octanol–water partition coefficient (Wildman–Crippen LogP) is 4.75. The Kier molecular flexibility index (Phi) is 4.57. The van der Waals surface area contributed by atoms with Crippen molar-refractivity contribution in [1.29, 1.82) is 0 Å². The Hall–Kier alpha value is -2.35. The highest BCUT2D eigenvalue weighted by molar-refractivity contribution is 7.98.